The molecule has 4 N–H and O–H groups in total. The molecule has 4 aromatic rings. The van der Waals surface area contributed by atoms with Crippen LogP contribution in [0.25, 0.3) is 11.4 Å². The number of hydrogen-bond donors (Lipinski definition) is 4. The highest BCUT2D eigenvalue weighted by atomic mass is 35.5. The fourth-order valence-corrected chi connectivity index (χ4v) is 3.74. The molecular weight excluding hydrogens is 530 g/mol. The average Bonchev–Trinajstić information content (AvgIpc) is 2.95. The van der Waals surface area contributed by atoms with E-state index in [0.717, 1.165) is 11.1 Å². The van der Waals surface area contributed by atoms with Crippen molar-refractivity contribution in [3.05, 3.63) is 89.1 Å². The number of nitrogens with one attached hydrogen (secondary N) is 4. The highest BCUT2D eigenvalue weighted by molar-refractivity contribution is 6.30. The van der Waals surface area contributed by atoms with Gasteiger partial charge in [-0.3, -0.25) is 9.59 Å². The largest absolute Gasteiger partial charge is 0.438 e. The van der Waals surface area contributed by atoms with Crippen molar-refractivity contribution >= 4 is 35.1 Å². The lowest BCUT2D eigenvalue weighted by atomic mass is 10.2. The Morgan fingerprint density at radius 3 is 2.15 bits per heavy atom. The fraction of sp³-hybridized carbons (Fsp3) is 0.207. The van der Waals surface area contributed by atoms with Crippen LogP contribution in [0.4, 0.5) is 11.6 Å². The number of carbonyl (C=O) groups excluding carboxylic acids is 2. The minimum Gasteiger partial charge on any atom is -0.438 e. The van der Waals surface area contributed by atoms with Crippen molar-refractivity contribution in [2.45, 2.75) is 13.8 Å². The number of benzene rings is 2. The first kappa shape index (κ1) is 28.3. The van der Waals surface area contributed by atoms with Gasteiger partial charge in [0, 0.05) is 56.0 Å². The second kappa shape index (κ2) is 13.9. The van der Waals surface area contributed by atoms with Gasteiger partial charge >= 0.3 is 0 Å². The van der Waals surface area contributed by atoms with Crippen LogP contribution in [0.5, 0.6) is 11.6 Å². The number of anilines is 2. The first-order valence-corrected chi connectivity index (χ1v) is 13.1. The number of amides is 2. The van der Waals surface area contributed by atoms with Crippen LogP contribution in [0.2, 0.25) is 5.02 Å². The van der Waals surface area contributed by atoms with Gasteiger partial charge in [0.05, 0.1) is 0 Å². The maximum Gasteiger partial charge on any atom is 0.256 e. The summed E-state index contributed by atoms with van der Waals surface area (Å²) in [6.07, 6.45) is 1.58. The summed E-state index contributed by atoms with van der Waals surface area (Å²) >= 11 is 6.04. The number of rotatable bonds is 12. The summed E-state index contributed by atoms with van der Waals surface area (Å²) in [5.74, 6) is 2.08. The topological polar surface area (TPSA) is 130 Å². The molecular formula is C29H30ClN7O3. The number of halogens is 1. The van der Waals surface area contributed by atoms with Crippen LogP contribution in [0.1, 0.15) is 22.8 Å². The monoisotopic (exact) mass is 559 g/mol. The zero-order valence-corrected chi connectivity index (χ0v) is 23.0. The maximum absolute atomic E-state index is 12.9. The van der Waals surface area contributed by atoms with E-state index in [1.165, 1.54) is 6.92 Å². The van der Waals surface area contributed by atoms with E-state index >= 15 is 0 Å². The lowest BCUT2D eigenvalue weighted by Crippen LogP contribution is -2.29. The summed E-state index contributed by atoms with van der Waals surface area (Å²) in [4.78, 5) is 37.5. The normalized spacial score (nSPS) is 10.5. The van der Waals surface area contributed by atoms with E-state index in [-0.39, 0.29) is 17.7 Å². The van der Waals surface area contributed by atoms with Crippen LogP contribution in [0.15, 0.2) is 72.9 Å². The van der Waals surface area contributed by atoms with Gasteiger partial charge in [-0.25, -0.2) is 15.0 Å². The first-order chi connectivity index (χ1) is 19.4. The minimum absolute atomic E-state index is 0.101. The quantitative estimate of drug-likeness (QED) is 0.184. The molecule has 0 saturated carbocycles. The molecule has 0 fully saturated rings. The summed E-state index contributed by atoms with van der Waals surface area (Å²) in [5.41, 5.74) is 2.24. The summed E-state index contributed by atoms with van der Waals surface area (Å²) < 4.78 is 5.85. The predicted molar refractivity (Wildman–Crippen MR) is 156 cm³/mol. The molecule has 2 heterocycles. The van der Waals surface area contributed by atoms with Gasteiger partial charge < -0.3 is 26.0 Å². The Kier molecular flexibility index (Phi) is 9.84. The molecule has 2 amide bonds. The van der Waals surface area contributed by atoms with Gasteiger partial charge in [0.15, 0.2) is 5.82 Å². The summed E-state index contributed by atoms with van der Waals surface area (Å²) in [6.45, 7) is 5.13. The van der Waals surface area contributed by atoms with Crippen LogP contribution >= 0.6 is 11.6 Å². The minimum atomic E-state index is -0.304. The molecule has 4 rings (SSSR count). The van der Waals surface area contributed by atoms with E-state index in [4.69, 9.17) is 16.3 Å². The van der Waals surface area contributed by atoms with Gasteiger partial charge in [0.25, 0.3) is 5.91 Å². The zero-order chi connectivity index (χ0) is 28.3. The molecule has 0 bridgehead atoms. The van der Waals surface area contributed by atoms with Crippen molar-refractivity contribution in [2.24, 2.45) is 0 Å². The standard InChI is InChI=1S/C29H30ClN7O3/c1-19-5-11-23(12-6-19)40-29-24(4-3-13-35-29)28(39)34-17-16-33-26-18-25(32-15-14-31-20(2)38)36-27(37-26)21-7-9-22(30)10-8-21/h3-13,18H,14-17H2,1-2H3,(H,31,38)(H,34,39)(H2,32,33,36,37). The van der Waals surface area contributed by atoms with E-state index in [1.807, 2.05) is 43.3 Å². The molecule has 0 spiro atoms. The SMILES string of the molecule is CC(=O)NCCNc1cc(NCCNC(=O)c2cccnc2Oc2ccc(C)cc2)nc(-c2ccc(Cl)cc2)n1. The van der Waals surface area contributed by atoms with Gasteiger partial charge in [-0.2, -0.15) is 0 Å². The third kappa shape index (κ3) is 8.40. The molecule has 40 heavy (non-hydrogen) atoms. The van der Waals surface area contributed by atoms with Crippen LogP contribution in [0.3, 0.4) is 0 Å². The van der Waals surface area contributed by atoms with Gasteiger partial charge in [0.1, 0.15) is 22.9 Å². The maximum atomic E-state index is 12.9. The number of aromatic nitrogens is 3. The molecule has 0 radical (unpaired) electrons. The van der Waals surface area contributed by atoms with Crippen LogP contribution < -0.4 is 26.0 Å². The predicted octanol–water partition coefficient (Wildman–Crippen LogP) is 4.68. The van der Waals surface area contributed by atoms with E-state index in [1.54, 1.807) is 36.5 Å². The summed E-state index contributed by atoms with van der Waals surface area (Å²) in [7, 11) is 0. The molecule has 0 aliphatic carbocycles. The number of carbonyl (C=O) groups is 2. The van der Waals surface area contributed by atoms with Crippen molar-refractivity contribution < 1.29 is 14.3 Å². The molecule has 206 valence electrons. The lowest BCUT2D eigenvalue weighted by molar-refractivity contribution is -0.118. The van der Waals surface area contributed by atoms with Crippen LogP contribution in [-0.4, -0.2) is 52.9 Å². The number of hydrogen-bond acceptors (Lipinski definition) is 8. The van der Waals surface area contributed by atoms with Crippen molar-refractivity contribution in [1.82, 2.24) is 25.6 Å². The Bertz CT molecular complexity index is 1450. The van der Waals surface area contributed by atoms with Gasteiger partial charge in [-0.15, -0.1) is 0 Å². The molecule has 11 heteroatoms. The molecule has 0 aliphatic heterocycles. The Hall–Kier alpha value is -4.70. The zero-order valence-electron chi connectivity index (χ0n) is 22.2. The molecule has 0 saturated heterocycles. The first-order valence-electron chi connectivity index (χ1n) is 12.7. The average molecular weight is 560 g/mol. The molecule has 0 atom stereocenters. The molecule has 2 aromatic carbocycles. The Morgan fingerprint density at radius 1 is 0.850 bits per heavy atom. The van der Waals surface area contributed by atoms with Crippen LogP contribution in [0, 0.1) is 6.92 Å². The molecule has 10 nitrogen and oxygen atoms in total. The summed E-state index contributed by atoms with van der Waals surface area (Å²) in [5, 5.41) is 12.7. The number of ether oxygens (including phenoxy) is 1. The van der Waals surface area contributed by atoms with Crippen molar-refractivity contribution in [3.8, 4) is 23.0 Å². The fourth-order valence-electron chi connectivity index (χ4n) is 3.61. The molecule has 2 aromatic heterocycles. The summed E-state index contributed by atoms with van der Waals surface area (Å²) in [6, 6.07) is 19.9. The van der Waals surface area contributed by atoms with Crippen molar-refractivity contribution in [3.63, 3.8) is 0 Å². The van der Waals surface area contributed by atoms with Gasteiger partial charge in [0.2, 0.25) is 11.8 Å². The smallest absolute Gasteiger partial charge is 0.256 e. The van der Waals surface area contributed by atoms with Crippen LogP contribution in [-0.2, 0) is 4.79 Å². The van der Waals surface area contributed by atoms with E-state index in [9.17, 15) is 9.59 Å². The molecule has 0 aliphatic rings. The van der Waals surface area contributed by atoms with E-state index in [2.05, 4.69) is 36.2 Å². The highest BCUT2D eigenvalue weighted by Gasteiger charge is 2.14. The van der Waals surface area contributed by atoms with Crippen molar-refractivity contribution in [2.75, 3.05) is 36.8 Å². The number of pyridine rings is 1. The van der Waals surface area contributed by atoms with Gasteiger partial charge in [-0.1, -0.05) is 29.3 Å². The third-order valence-corrected chi connectivity index (χ3v) is 5.85. The Morgan fingerprint density at radius 2 is 1.50 bits per heavy atom. The lowest BCUT2D eigenvalue weighted by Gasteiger charge is -2.13. The van der Waals surface area contributed by atoms with Crippen molar-refractivity contribution in [1.29, 1.82) is 0 Å². The number of aryl methyl sites for hydroxylation is 1. The Balaban J connectivity index is 1.38. The van der Waals surface area contributed by atoms with Gasteiger partial charge in [-0.05, 0) is 55.5 Å². The Labute approximate surface area is 237 Å². The second-order valence-corrected chi connectivity index (χ2v) is 9.27. The third-order valence-electron chi connectivity index (χ3n) is 5.60. The highest BCUT2D eigenvalue weighted by Crippen LogP contribution is 2.24. The number of nitrogens with zero attached hydrogens (tertiary/aromatic N) is 3. The van der Waals surface area contributed by atoms with E-state index in [0.29, 0.717) is 60.0 Å². The second-order valence-electron chi connectivity index (χ2n) is 8.83. The molecule has 0 unspecified atom stereocenters. The van der Waals surface area contributed by atoms with E-state index < -0.39 is 0 Å².